The lowest BCUT2D eigenvalue weighted by Gasteiger charge is -2.00. The van der Waals surface area contributed by atoms with Crippen molar-refractivity contribution in [2.24, 2.45) is 7.05 Å². The van der Waals surface area contributed by atoms with Crippen LogP contribution in [0.3, 0.4) is 0 Å². The van der Waals surface area contributed by atoms with Crippen molar-refractivity contribution in [3.63, 3.8) is 0 Å². The van der Waals surface area contributed by atoms with E-state index >= 15 is 0 Å². The average Bonchev–Trinajstić information content (AvgIpc) is 2.52. The number of aliphatic hydroxyl groups excluding tert-OH is 1. The van der Waals surface area contributed by atoms with Gasteiger partial charge in [0.2, 0.25) is 0 Å². The SMILES string of the molecule is Cn1ccnc1SCCCCCO. The summed E-state index contributed by atoms with van der Waals surface area (Å²) >= 11 is 1.77. The molecule has 1 heterocycles. The molecule has 1 N–H and O–H groups in total. The predicted molar refractivity (Wildman–Crippen MR) is 54.9 cm³/mol. The number of thioether (sulfide) groups is 1. The zero-order chi connectivity index (χ0) is 9.52. The zero-order valence-electron chi connectivity index (χ0n) is 7.94. The van der Waals surface area contributed by atoms with E-state index < -0.39 is 0 Å². The second kappa shape index (κ2) is 6.05. The smallest absolute Gasteiger partial charge is 0.167 e. The molecule has 13 heavy (non-hydrogen) atoms. The molecule has 0 atom stereocenters. The molecule has 1 aromatic heterocycles. The lowest BCUT2D eigenvalue weighted by atomic mass is 10.3. The largest absolute Gasteiger partial charge is 0.396 e. The normalized spacial score (nSPS) is 10.6. The summed E-state index contributed by atoms with van der Waals surface area (Å²) < 4.78 is 2.02. The molecule has 1 aromatic rings. The fourth-order valence-corrected chi connectivity index (χ4v) is 1.98. The van der Waals surface area contributed by atoms with Crippen molar-refractivity contribution >= 4 is 11.8 Å². The van der Waals surface area contributed by atoms with Crippen LogP contribution < -0.4 is 0 Å². The highest BCUT2D eigenvalue weighted by atomic mass is 32.2. The molecule has 0 aliphatic heterocycles. The van der Waals surface area contributed by atoms with Crippen LogP contribution in [0.5, 0.6) is 0 Å². The van der Waals surface area contributed by atoms with E-state index in [0.29, 0.717) is 6.61 Å². The van der Waals surface area contributed by atoms with Gasteiger partial charge in [0.1, 0.15) is 0 Å². The number of hydrogen-bond donors (Lipinski definition) is 1. The van der Waals surface area contributed by atoms with Crippen LogP contribution in [-0.4, -0.2) is 27.0 Å². The third-order valence-corrected chi connectivity index (χ3v) is 2.95. The van der Waals surface area contributed by atoms with Crippen molar-refractivity contribution in [2.75, 3.05) is 12.4 Å². The van der Waals surface area contributed by atoms with E-state index in [2.05, 4.69) is 4.98 Å². The molecule has 0 radical (unpaired) electrons. The third-order valence-electron chi connectivity index (χ3n) is 1.81. The highest BCUT2D eigenvalue weighted by molar-refractivity contribution is 7.99. The second-order valence-corrected chi connectivity index (χ2v) is 4.02. The van der Waals surface area contributed by atoms with Gasteiger partial charge in [0.15, 0.2) is 5.16 Å². The van der Waals surface area contributed by atoms with Gasteiger partial charge in [0.25, 0.3) is 0 Å². The van der Waals surface area contributed by atoms with Gasteiger partial charge in [-0.05, 0) is 12.8 Å². The summed E-state index contributed by atoms with van der Waals surface area (Å²) in [5, 5.41) is 9.64. The van der Waals surface area contributed by atoms with Gasteiger partial charge < -0.3 is 9.67 Å². The molecule has 0 unspecified atom stereocenters. The number of rotatable bonds is 6. The van der Waals surface area contributed by atoms with Crippen LogP contribution in [0.15, 0.2) is 17.6 Å². The number of aliphatic hydroxyl groups is 1. The average molecular weight is 200 g/mol. The molecule has 4 heteroatoms. The van der Waals surface area contributed by atoms with Crippen molar-refractivity contribution in [1.82, 2.24) is 9.55 Å². The third kappa shape index (κ3) is 3.83. The molecule has 0 fully saturated rings. The van der Waals surface area contributed by atoms with Gasteiger partial charge in [-0.1, -0.05) is 18.2 Å². The Morgan fingerprint density at radius 1 is 1.46 bits per heavy atom. The fraction of sp³-hybridized carbons (Fsp3) is 0.667. The Labute approximate surface area is 83.2 Å². The number of nitrogens with zero attached hydrogens (tertiary/aromatic N) is 2. The van der Waals surface area contributed by atoms with Gasteiger partial charge in [0.05, 0.1) is 0 Å². The minimum Gasteiger partial charge on any atom is -0.396 e. The predicted octanol–water partition coefficient (Wildman–Crippen LogP) is 1.67. The van der Waals surface area contributed by atoms with Gasteiger partial charge >= 0.3 is 0 Å². The molecule has 0 aliphatic carbocycles. The van der Waals surface area contributed by atoms with E-state index in [1.165, 1.54) is 0 Å². The van der Waals surface area contributed by atoms with Gasteiger partial charge in [0, 0.05) is 31.8 Å². The summed E-state index contributed by atoms with van der Waals surface area (Å²) in [5.74, 6) is 1.09. The van der Waals surface area contributed by atoms with Crippen molar-refractivity contribution in [3.05, 3.63) is 12.4 Å². The Morgan fingerprint density at radius 2 is 2.31 bits per heavy atom. The topological polar surface area (TPSA) is 38.0 Å². The Morgan fingerprint density at radius 3 is 2.92 bits per heavy atom. The summed E-state index contributed by atoms with van der Waals surface area (Å²) in [6.07, 6.45) is 6.94. The van der Waals surface area contributed by atoms with Crippen LogP contribution >= 0.6 is 11.8 Å². The van der Waals surface area contributed by atoms with Crippen LogP contribution in [0.2, 0.25) is 0 Å². The first kappa shape index (κ1) is 10.6. The first-order valence-electron chi connectivity index (χ1n) is 4.55. The van der Waals surface area contributed by atoms with Gasteiger partial charge in [-0.15, -0.1) is 0 Å². The van der Waals surface area contributed by atoms with Gasteiger partial charge in [-0.3, -0.25) is 0 Å². The Balaban J connectivity index is 2.10. The molecule has 0 spiro atoms. The Bertz CT molecular complexity index is 237. The fourth-order valence-electron chi connectivity index (χ4n) is 1.05. The molecule has 1 rings (SSSR count). The zero-order valence-corrected chi connectivity index (χ0v) is 8.76. The van der Waals surface area contributed by atoms with Crippen LogP contribution in [0.4, 0.5) is 0 Å². The number of imidazole rings is 1. The molecule has 74 valence electrons. The molecule has 0 saturated heterocycles. The van der Waals surface area contributed by atoms with Gasteiger partial charge in [-0.2, -0.15) is 0 Å². The van der Waals surface area contributed by atoms with Crippen molar-refractivity contribution in [3.8, 4) is 0 Å². The first-order valence-corrected chi connectivity index (χ1v) is 5.54. The second-order valence-electron chi connectivity index (χ2n) is 2.95. The van der Waals surface area contributed by atoms with E-state index in [9.17, 15) is 0 Å². The lowest BCUT2D eigenvalue weighted by molar-refractivity contribution is 0.284. The molecule has 0 amide bonds. The van der Waals surface area contributed by atoms with Crippen LogP contribution in [0.1, 0.15) is 19.3 Å². The first-order chi connectivity index (χ1) is 6.34. The highest BCUT2D eigenvalue weighted by Crippen LogP contribution is 2.16. The standard InChI is InChI=1S/C9H16N2OS/c1-11-6-5-10-9(11)13-8-4-2-3-7-12/h5-6,12H,2-4,7-8H2,1H3. The highest BCUT2D eigenvalue weighted by Gasteiger charge is 1.98. The minimum atomic E-state index is 0.313. The van der Waals surface area contributed by atoms with Crippen molar-refractivity contribution < 1.29 is 5.11 Å². The molecule has 3 nitrogen and oxygen atoms in total. The maximum absolute atomic E-state index is 8.57. The monoisotopic (exact) mass is 200 g/mol. The van der Waals surface area contributed by atoms with E-state index in [0.717, 1.165) is 30.2 Å². The molecular formula is C9H16N2OS. The van der Waals surface area contributed by atoms with Gasteiger partial charge in [-0.25, -0.2) is 4.98 Å². The lowest BCUT2D eigenvalue weighted by Crippen LogP contribution is -1.91. The minimum absolute atomic E-state index is 0.313. The van der Waals surface area contributed by atoms with Crippen LogP contribution in [0.25, 0.3) is 0 Å². The molecule has 0 bridgehead atoms. The maximum Gasteiger partial charge on any atom is 0.167 e. The van der Waals surface area contributed by atoms with Crippen LogP contribution in [0, 0.1) is 0 Å². The summed E-state index contributed by atoms with van der Waals surface area (Å²) in [7, 11) is 2.00. The maximum atomic E-state index is 8.57. The molecule has 0 aliphatic rings. The van der Waals surface area contributed by atoms with E-state index in [1.54, 1.807) is 11.8 Å². The van der Waals surface area contributed by atoms with Crippen molar-refractivity contribution in [1.29, 1.82) is 0 Å². The molecule has 0 saturated carbocycles. The summed E-state index contributed by atoms with van der Waals surface area (Å²) in [6, 6.07) is 0. The van der Waals surface area contributed by atoms with E-state index in [-0.39, 0.29) is 0 Å². The molecular weight excluding hydrogens is 184 g/mol. The van der Waals surface area contributed by atoms with Crippen LogP contribution in [-0.2, 0) is 7.05 Å². The van der Waals surface area contributed by atoms with E-state index in [1.807, 2.05) is 24.0 Å². The summed E-state index contributed by atoms with van der Waals surface area (Å²) in [4.78, 5) is 4.21. The Hall–Kier alpha value is -0.480. The number of unbranched alkanes of at least 4 members (excludes halogenated alkanes) is 2. The molecule has 0 aromatic carbocycles. The number of aromatic nitrogens is 2. The van der Waals surface area contributed by atoms with E-state index in [4.69, 9.17) is 5.11 Å². The quantitative estimate of drug-likeness (QED) is 0.561. The summed E-state index contributed by atoms with van der Waals surface area (Å²) in [6.45, 7) is 0.313. The number of hydrogen-bond acceptors (Lipinski definition) is 3. The Kier molecular flexibility index (Phi) is 4.93. The summed E-state index contributed by atoms with van der Waals surface area (Å²) in [5.41, 5.74) is 0. The van der Waals surface area contributed by atoms with Crippen molar-refractivity contribution in [2.45, 2.75) is 24.4 Å². The number of aryl methyl sites for hydroxylation is 1.